The van der Waals surface area contributed by atoms with Crippen LogP contribution in [-0.4, -0.2) is 24.6 Å². The van der Waals surface area contributed by atoms with Crippen molar-refractivity contribution < 1.29 is 4.79 Å². The van der Waals surface area contributed by atoms with Crippen molar-refractivity contribution >= 4 is 22.8 Å². The lowest BCUT2D eigenvalue weighted by Crippen LogP contribution is -2.38. The van der Waals surface area contributed by atoms with Gasteiger partial charge >= 0.3 is 5.69 Å². The molecule has 2 aromatic heterocycles. The molecule has 0 bridgehead atoms. The molecule has 0 spiro atoms. The molecule has 27 heavy (non-hydrogen) atoms. The Morgan fingerprint density at radius 3 is 2.44 bits per heavy atom. The van der Waals surface area contributed by atoms with Crippen LogP contribution in [0.4, 0.5) is 5.69 Å². The highest BCUT2D eigenvalue weighted by Crippen LogP contribution is 2.15. The van der Waals surface area contributed by atoms with Gasteiger partial charge in [0.15, 0.2) is 11.2 Å². The van der Waals surface area contributed by atoms with Crippen LogP contribution in [0.1, 0.15) is 23.9 Å². The number of carbonyl (C=O) groups is 1. The highest BCUT2D eigenvalue weighted by atomic mass is 16.2. The number of anilines is 1. The molecule has 8 heteroatoms. The van der Waals surface area contributed by atoms with E-state index in [-0.39, 0.29) is 18.0 Å². The molecule has 0 atom stereocenters. The number of aromatic nitrogens is 4. The van der Waals surface area contributed by atoms with Gasteiger partial charge in [-0.15, -0.1) is 0 Å². The predicted molar refractivity (Wildman–Crippen MR) is 104 cm³/mol. The summed E-state index contributed by atoms with van der Waals surface area (Å²) in [5.74, 6) is 0.321. The second kappa shape index (κ2) is 6.86. The van der Waals surface area contributed by atoms with E-state index in [1.807, 2.05) is 39.0 Å². The molecular formula is C19H23N5O3. The second-order valence-electron chi connectivity index (χ2n) is 6.69. The molecular weight excluding hydrogens is 346 g/mol. The van der Waals surface area contributed by atoms with E-state index >= 15 is 0 Å². The number of rotatable bonds is 4. The van der Waals surface area contributed by atoms with E-state index < -0.39 is 11.2 Å². The number of nitrogens with zero attached hydrogens (tertiary/aromatic N) is 4. The summed E-state index contributed by atoms with van der Waals surface area (Å²) >= 11 is 0. The van der Waals surface area contributed by atoms with Crippen LogP contribution in [0, 0.1) is 13.8 Å². The number of carbonyl (C=O) groups excluding carboxylic acids is 1. The lowest BCUT2D eigenvalue weighted by atomic mass is 10.1. The molecule has 0 aliphatic carbocycles. The summed E-state index contributed by atoms with van der Waals surface area (Å²) in [6.07, 6.45) is 0.531. The van der Waals surface area contributed by atoms with Crippen molar-refractivity contribution in [2.24, 2.45) is 14.1 Å². The molecule has 0 radical (unpaired) electrons. The minimum absolute atomic E-state index is 0.0555. The van der Waals surface area contributed by atoms with E-state index in [0.717, 1.165) is 15.7 Å². The van der Waals surface area contributed by atoms with Crippen molar-refractivity contribution in [2.45, 2.75) is 33.7 Å². The van der Waals surface area contributed by atoms with E-state index in [9.17, 15) is 14.4 Å². The molecule has 0 saturated heterocycles. The van der Waals surface area contributed by atoms with Gasteiger partial charge in [-0.1, -0.05) is 13.0 Å². The van der Waals surface area contributed by atoms with E-state index in [1.165, 1.54) is 11.6 Å². The van der Waals surface area contributed by atoms with Crippen LogP contribution >= 0.6 is 0 Å². The minimum atomic E-state index is -0.459. The van der Waals surface area contributed by atoms with Gasteiger partial charge in [0.2, 0.25) is 5.91 Å². The van der Waals surface area contributed by atoms with Gasteiger partial charge in [0, 0.05) is 26.2 Å². The first kappa shape index (κ1) is 18.6. The molecule has 0 saturated carbocycles. The minimum Gasteiger partial charge on any atom is -0.325 e. The number of amides is 1. The molecule has 1 amide bonds. The van der Waals surface area contributed by atoms with Gasteiger partial charge in [0.1, 0.15) is 12.4 Å². The maximum Gasteiger partial charge on any atom is 0.332 e. The summed E-state index contributed by atoms with van der Waals surface area (Å²) < 4.78 is 3.95. The Balaban J connectivity index is 2.03. The van der Waals surface area contributed by atoms with Crippen molar-refractivity contribution in [1.82, 2.24) is 18.7 Å². The Labute approximate surface area is 156 Å². The Hall–Kier alpha value is -3.16. The van der Waals surface area contributed by atoms with Crippen molar-refractivity contribution in [3.8, 4) is 0 Å². The molecule has 3 rings (SSSR count). The molecule has 0 unspecified atom stereocenters. The second-order valence-corrected chi connectivity index (χ2v) is 6.69. The summed E-state index contributed by atoms with van der Waals surface area (Å²) in [4.78, 5) is 41.8. The number of hydrogen-bond acceptors (Lipinski definition) is 4. The Morgan fingerprint density at radius 2 is 1.81 bits per heavy atom. The third-order valence-corrected chi connectivity index (χ3v) is 4.84. The van der Waals surface area contributed by atoms with Gasteiger partial charge in [-0.05, 0) is 37.1 Å². The molecule has 1 N–H and O–H groups in total. The number of imidazole rings is 1. The number of nitrogens with one attached hydrogen (secondary N) is 1. The average molecular weight is 369 g/mol. The summed E-state index contributed by atoms with van der Waals surface area (Å²) in [6, 6.07) is 5.69. The first-order valence-corrected chi connectivity index (χ1v) is 8.76. The number of benzene rings is 1. The van der Waals surface area contributed by atoms with Gasteiger partial charge in [0.25, 0.3) is 5.56 Å². The standard InChI is InChI=1S/C19H23N5O3/c1-6-14-21-17-16(18(26)23(5)19(27)22(17)4)24(14)10-15(25)20-13-8-7-11(2)12(3)9-13/h7-9H,6,10H2,1-5H3,(H,20,25). The molecule has 0 aliphatic heterocycles. The zero-order valence-electron chi connectivity index (χ0n) is 16.2. The smallest absolute Gasteiger partial charge is 0.325 e. The molecule has 0 fully saturated rings. The van der Waals surface area contributed by atoms with Gasteiger partial charge in [-0.3, -0.25) is 18.7 Å². The van der Waals surface area contributed by atoms with Gasteiger partial charge in [0.05, 0.1) is 0 Å². The molecule has 8 nitrogen and oxygen atoms in total. The normalized spacial score (nSPS) is 11.1. The molecule has 2 heterocycles. The van der Waals surface area contributed by atoms with Crippen molar-refractivity contribution in [3.63, 3.8) is 0 Å². The molecule has 0 aliphatic rings. The SMILES string of the molecule is CCc1nc2c(c(=O)n(C)c(=O)n2C)n1CC(=O)Nc1ccc(C)c(C)c1. The highest BCUT2D eigenvalue weighted by Gasteiger charge is 2.20. The number of aryl methyl sites for hydroxylation is 4. The van der Waals surface area contributed by atoms with E-state index in [1.54, 1.807) is 11.6 Å². The van der Waals surface area contributed by atoms with Crippen LogP contribution < -0.4 is 16.6 Å². The van der Waals surface area contributed by atoms with E-state index in [2.05, 4.69) is 10.3 Å². The maximum atomic E-state index is 12.6. The van der Waals surface area contributed by atoms with Crippen LogP contribution in [0.25, 0.3) is 11.2 Å². The Morgan fingerprint density at radius 1 is 1.11 bits per heavy atom. The summed E-state index contributed by atoms with van der Waals surface area (Å²) in [5, 5.41) is 2.86. The first-order valence-electron chi connectivity index (χ1n) is 8.76. The fourth-order valence-corrected chi connectivity index (χ4v) is 3.10. The fraction of sp³-hybridized carbons (Fsp3) is 0.368. The van der Waals surface area contributed by atoms with E-state index in [0.29, 0.717) is 23.6 Å². The summed E-state index contributed by atoms with van der Waals surface area (Å²) in [5.41, 5.74) is 2.57. The monoisotopic (exact) mass is 369 g/mol. The summed E-state index contributed by atoms with van der Waals surface area (Å²) in [7, 11) is 2.98. The zero-order valence-corrected chi connectivity index (χ0v) is 16.2. The van der Waals surface area contributed by atoms with Crippen molar-refractivity contribution in [3.05, 3.63) is 56.0 Å². The molecule has 3 aromatic rings. The molecule has 142 valence electrons. The lowest BCUT2D eigenvalue weighted by molar-refractivity contribution is -0.116. The third-order valence-electron chi connectivity index (χ3n) is 4.84. The van der Waals surface area contributed by atoms with Crippen LogP contribution in [0.5, 0.6) is 0 Å². The average Bonchev–Trinajstić information content (AvgIpc) is 2.99. The quantitative estimate of drug-likeness (QED) is 0.749. The topological polar surface area (TPSA) is 90.9 Å². The van der Waals surface area contributed by atoms with Crippen LogP contribution in [-0.2, 0) is 31.9 Å². The first-order chi connectivity index (χ1) is 12.7. The maximum absolute atomic E-state index is 12.6. The summed E-state index contributed by atoms with van der Waals surface area (Å²) in [6.45, 7) is 5.82. The third kappa shape index (κ3) is 3.18. The van der Waals surface area contributed by atoms with Gasteiger partial charge < -0.3 is 9.88 Å². The predicted octanol–water partition coefficient (Wildman–Crippen LogP) is 1.25. The van der Waals surface area contributed by atoms with Crippen LogP contribution in [0.2, 0.25) is 0 Å². The Kier molecular flexibility index (Phi) is 4.73. The van der Waals surface area contributed by atoms with Crippen LogP contribution in [0.15, 0.2) is 27.8 Å². The van der Waals surface area contributed by atoms with Gasteiger partial charge in [-0.25, -0.2) is 9.78 Å². The van der Waals surface area contributed by atoms with E-state index in [4.69, 9.17) is 0 Å². The Bertz CT molecular complexity index is 1170. The number of hydrogen-bond donors (Lipinski definition) is 1. The highest BCUT2D eigenvalue weighted by molar-refractivity contribution is 5.91. The largest absolute Gasteiger partial charge is 0.332 e. The van der Waals surface area contributed by atoms with Crippen LogP contribution in [0.3, 0.4) is 0 Å². The molecule has 1 aromatic carbocycles. The fourth-order valence-electron chi connectivity index (χ4n) is 3.10. The number of fused-ring (bicyclic) bond motifs is 1. The lowest BCUT2D eigenvalue weighted by Gasteiger charge is -2.11. The van der Waals surface area contributed by atoms with Crippen molar-refractivity contribution in [1.29, 1.82) is 0 Å². The zero-order chi connectivity index (χ0) is 19.9. The van der Waals surface area contributed by atoms with Crippen molar-refractivity contribution in [2.75, 3.05) is 5.32 Å². The van der Waals surface area contributed by atoms with Gasteiger partial charge in [-0.2, -0.15) is 0 Å².